The highest BCUT2D eigenvalue weighted by atomic mass is 32.2. The van der Waals surface area contributed by atoms with Gasteiger partial charge in [0.1, 0.15) is 6.04 Å². The van der Waals surface area contributed by atoms with Gasteiger partial charge in [0.05, 0.1) is 11.0 Å². The number of carbonyl (C=O) groups is 1. The van der Waals surface area contributed by atoms with E-state index in [0.717, 1.165) is 16.7 Å². The topological polar surface area (TPSA) is 96.3 Å². The van der Waals surface area contributed by atoms with Gasteiger partial charge in [0, 0.05) is 31.8 Å². The molecule has 2 aromatic rings. The maximum absolute atomic E-state index is 12.3. The van der Waals surface area contributed by atoms with Gasteiger partial charge in [0.15, 0.2) is 9.84 Å². The summed E-state index contributed by atoms with van der Waals surface area (Å²) >= 11 is 0. The van der Waals surface area contributed by atoms with E-state index < -0.39 is 15.9 Å². The highest BCUT2D eigenvalue weighted by Gasteiger charge is 2.23. The predicted octanol–water partition coefficient (Wildman–Crippen LogP) is 2.73. The van der Waals surface area contributed by atoms with E-state index in [1.165, 1.54) is 6.26 Å². The Bertz CT molecular complexity index is 1000. The lowest BCUT2D eigenvalue weighted by Crippen LogP contribution is -2.41. The van der Waals surface area contributed by atoms with Gasteiger partial charge >= 0.3 is 0 Å². The Hall–Kier alpha value is -2.69. The molecule has 1 N–H and O–H groups in total. The third kappa shape index (κ3) is 5.66. The van der Waals surface area contributed by atoms with Gasteiger partial charge < -0.3 is 10.1 Å². The first-order valence-corrected chi connectivity index (χ1v) is 11.4. The van der Waals surface area contributed by atoms with Crippen molar-refractivity contribution < 1.29 is 17.9 Å². The van der Waals surface area contributed by atoms with E-state index in [4.69, 9.17) is 4.74 Å². The van der Waals surface area contributed by atoms with Gasteiger partial charge in [-0.05, 0) is 41.7 Å². The van der Waals surface area contributed by atoms with Crippen LogP contribution in [0.5, 0.6) is 0 Å². The zero-order chi connectivity index (χ0) is 20.9. The minimum atomic E-state index is -3.27. The summed E-state index contributed by atoms with van der Waals surface area (Å²) in [6.45, 7) is 1.16. The second-order valence-corrected chi connectivity index (χ2v) is 9.29. The molecule has 0 aromatic heterocycles. The number of hydrogen-bond donors (Lipinski definition) is 1. The van der Waals surface area contributed by atoms with Crippen LogP contribution in [0.1, 0.15) is 18.4 Å². The van der Waals surface area contributed by atoms with Crippen LogP contribution in [0.3, 0.4) is 0 Å². The third-order valence-electron chi connectivity index (χ3n) is 5.05. The molecule has 0 saturated carbocycles. The maximum atomic E-state index is 12.3. The van der Waals surface area contributed by atoms with Crippen LogP contribution >= 0.6 is 0 Å². The molecule has 6 nitrogen and oxygen atoms in total. The molecule has 1 heterocycles. The molecule has 2 aromatic carbocycles. The molecule has 152 valence electrons. The first-order chi connectivity index (χ1) is 13.9. The lowest BCUT2D eigenvalue weighted by molar-refractivity contribution is -0.128. The summed E-state index contributed by atoms with van der Waals surface area (Å²) in [5, 5.41) is 12.3. The SMILES string of the molecule is CS(=O)(=O)c1cccc(-c2ccc(CC(C#N)NC(=O)C3CCOCC3)cc2)c1. The molecule has 0 spiro atoms. The van der Waals surface area contributed by atoms with Gasteiger partial charge in [-0.3, -0.25) is 4.79 Å². The quantitative estimate of drug-likeness (QED) is 0.787. The fourth-order valence-corrected chi connectivity index (χ4v) is 4.02. The third-order valence-corrected chi connectivity index (χ3v) is 6.16. The summed E-state index contributed by atoms with van der Waals surface area (Å²) < 4.78 is 28.8. The molecule has 0 aliphatic carbocycles. The number of nitrogens with one attached hydrogen (secondary N) is 1. The Morgan fingerprint density at radius 3 is 2.48 bits per heavy atom. The summed E-state index contributed by atoms with van der Waals surface area (Å²) in [6, 6.07) is 16.0. The number of amides is 1. The van der Waals surface area contributed by atoms with Crippen molar-refractivity contribution in [2.45, 2.75) is 30.2 Å². The number of nitrogens with zero attached hydrogens (tertiary/aromatic N) is 1. The Morgan fingerprint density at radius 2 is 1.86 bits per heavy atom. The zero-order valence-electron chi connectivity index (χ0n) is 16.3. The van der Waals surface area contributed by atoms with E-state index in [1.807, 2.05) is 30.3 Å². The average Bonchev–Trinajstić information content (AvgIpc) is 2.74. The number of hydrogen-bond acceptors (Lipinski definition) is 5. The summed E-state index contributed by atoms with van der Waals surface area (Å²) in [4.78, 5) is 12.6. The lowest BCUT2D eigenvalue weighted by atomic mass is 9.98. The second-order valence-electron chi connectivity index (χ2n) is 7.28. The van der Waals surface area contributed by atoms with Crippen molar-refractivity contribution in [2.24, 2.45) is 5.92 Å². The molecule has 0 radical (unpaired) electrons. The van der Waals surface area contributed by atoms with Gasteiger partial charge in [-0.25, -0.2) is 8.42 Å². The smallest absolute Gasteiger partial charge is 0.224 e. The minimum absolute atomic E-state index is 0.0888. The summed E-state index contributed by atoms with van der Waals surface area (Å²) in [7, 11) is -3.27. The molecular formula is C22H24N2O4S. The maximum Gasteiger partial charge on any atom is 0.224 e. The Balaban J connectivity index is 1.66. The fraction of sp³-hybridized carbons (Fsp3) is 0.364. The molecular weight excluding hydrogens is 388 g/mol. The second kappa shape index (κ2) is 9.21. The van der Waals surface area contributed by atoms with E-state index >= 15 is 0 Å². The molecule has 1 amide bonds. The highest BCUT2D eigenvalue weighted by molar-refractivity contribution is 7.90. The van der Waals surface area contributed by atoms with Crippen LogP contribution in [-0.2, 0) is 25.8 Å². The number of sulfone groups is 1. The fourth-order valence-electron chi connectivity index (χ4n) is 3.35. The standard InChI is InChI=1S/C22H24N2O4S/c1-29(26,27)21-4-2-3-19(14-21)17-7-5-16(6-8-17)13-20(15-23)24-22(25)18-9-11-28-12-10-18/h2-8,14,18,20H,9-13H2,1H3,(H,24,25). The van der Waals surface area contributed by atoms with E-state index in [1.54, 1.807) is 18.2 Å². The van der Waals surface area contributed by atoms with E-state index in [0.29, 0.717) is 32.5 Å². The molecule has 7 heteroatoms. The van der Waals surface area contributed by atoms with Crippen molar-refractivity contribution >= 4 is 15.7 Å². The molecule has 1 saturated heterocycles. The van der Waals surface area contributed by atoms with Crippen LogP contribution in [0, 0.1) is 17.2 Å². The molecule has 1 aliphatic rings. The van der Waals surface area contributed by atoms with Crippen molar-refractivity contribution in [1.29, 1.82) is 5.26 Å². The van der Waals surface area contributed by atoms with Crippen LogP contribution in [-0.4, -0.2) is 39.8 Å². The Labute approximate surface area is 171 Å². The van der Waals surface area contributed by atoms with Crippen LogP contribution in [0.15, 0.2) is 53.4 Å². The van der Waals surface area contributed by atoms with Crippen LogP contribution < -0.4 is 5.32 Å². The van der Waals surface area contributed by atoms with Gasteiger partial charge in [-0.15, -0.1) is 0 Å². The molecule has 29 heavy (non-hydrogen) atoms. The van der Waals surface area contributed by atoms with Crippen molar-refractivity contribution in [2.75, 3.05) is 19.5 Å². The minimum Gasteiger partial charge on any atom is -0.381 e. The van der Waals surface area contributed by atoms with Crippen LogP contribution in [0.25, 0.3) is 11.1 Å². The molecule has 1 atom stereocenters. The summed E-state index contributed by atoms with van der Waals surface area (Å²) in [5.41, 5.74) is 2.62. The number of benzene rings is 2. The molecule has 0 bridgehead atoms. The highest BCUT2D eigenvalue weighted by Crippen LogP contribution is 2.23. The molecule has 1 fully saturated rings. The summed E-state index contributed by atoms with van der Waals surface area (Å²) in [5.74, 6) is -0.182. The van der Waals surface area contributed by atoms with Crippen molar-refractivity contribution in [1.82, 2.24) is 5.32 Å². The van der Waals surface area contributed by atoms with E-state index in [9.17, 15) is 18.5 Å². The Kier molecular flexibility index (Phi) is 6.68. The molecule has 1 aliphatic heterocycles. The van der Waals surface area contributed by atoms with Gasteiger partial charge in [-0.2, -0.15) is 5.26 Å². The number of rotatable bonds is 6. The average molecular weight is 413 g/mol. The Morgan fingerprint density at radius 1 is 1.17 bits per heavy atom. The zero-order valence-corrected chi connectivity index (χ0v) is 17.1. The van der Waals surface area contributed by atoms with Crippen molar-refractivity contribution in [3.63, 3.8) is 0 Å². The summed E-state index contributed by atoms with van der Waals surface area (Å²) in [6.07, 6.45) is 2.97. The lowest BCUT2D eigenvalue weighted by Gasteiger charge is -2.22. The number of ether oxygens (including phenoxy) is 1. The first kappa shape index (κ1) is 21.0. The van der Waals surface area contributed by atoms with Gasteiger partial charge in [0.2, 0.25) is 5.91 Å². The van der Waals surface area contributed by atoms with Gasteiger partial charge in [0.25, 0.3) is 0 Å². The van der Waals surface area contributed by atoms with Crippen molar-refractivity contribution in [3.8, 4) is 17.2 Å². The van der Waals surface area contributed by atoms with E-state index in [-0.39, 0.29) is 16.7 Å². The molecule has 1 unspecified atom stereocenters. The molecule has 3 rings (SSSR count). The van der Waals surface area contributed by atoms with Gasteiger partial charge in [-0.1, -0.05) is 36.4 Å². The number of nitriles is 1. The predicted molar refractivity (Wildman–Crippen MR) is 110 cm³/mol. The largest absolute Gasteiger partial charge is 0.381 e. The monoisotopic (exact) mass is 412 g/mol. The first-order valence-electron chi connectivity index (χ1n) is 9.54. The normalized spacial score (nSPS) is 16.0. The van der Waals surface area contributed by atoms with Crippen LogP contribution in [0.2, 0.25) is 0 Å². The number of carbonyl (C=O) groups excluding carboxylic acids is 1. The van der Waals surface area contributed by atoms with Crippen molar-refractivity contribution in [3.05, 3.63) is 54.1 Å². The van der Waals surface area contributed by atoms with E-state index in [2.05, 4.69) is 11.4 Å². The van der Waals surface area contributed by atoms with Crippen LogP contribution in [0.4, 0.5) is 0 Å².